The summed E-state index contributed by atoms with van der Waals surface area (Å²) in [5, 5.41) is 5.32. The molecule has 0 bridgehead atoms. The molecule has 0 aliphatic carbocycles. The van der Waals surface area contributed by atoms with Gasteiger partial charge in [0.05, 0.1) is 6.54 Å². The fourth-order valence-electron chi connectivity index (χ4n) is 0.567. The summed E-state index contributed by atoms with van der Waals surface area (Å²) in [4.78, 5) is 4.62. The monoisotopic (exact) mass is 130 g/mol. The minimum Gasteiger partial charge on any atom is -0.351 e. The molecule has 0 amide bonds. The summed E-state index contributed by atoms with van der Waals surface area (Å²) in [6, 6.07) is 0.170. The zero-order valence-electron chi connectivity index (χ0n) is 5.29. The Morgan fingerprint density at radius 3 is 3.11 bits per heavy atom. The molecule has 52 valence electrons. The van der Waals surface area contributed by atoms with Crippen molar-refractivity contribution in [3.05, 3.63) is 0 Å². The summed E-state index contributed by atoms with van der Waals surface area (Å²) < 4.78 is 0. The lowest BCUT2D eigenvalue weighted by atomic mass is 10.5. The highest BCUT2D eigenvalue weighted by molar-refractivity contribution is 5.71. The SMILES string of the molecule is CCCN1N=C(N)ON1. The van der Waals surface area contributed by atoms with E-state index in [2.05, 4.69) is 15.5 Å². The van der Waals surface area contributed by atoms with Crippen LogP contribution in [0.2, 0.25) is 0 Å². The van der Waals surface area contributed by atoms with E-state index in [0.29, 0.717) is 0 Å². The number of hydrazine groups is 1. The minimum absolute atomic E-state index is 0.170. The van der Waals surface area contributed by atoms with Gasteiger partial charge in [0.25, 0.3) is 0 Å². The molecule has 3 N–H and O–H groups in total. The topological polar surface area (TPSA) is 62.9 Å². The molecule has 1 aliphatic rings. The van der Waals surface area contributed by atoms with Gasteiger partial charge in [-0.2, -0.15) is 5.12 Å². The molecule has 9 heavy (non-hydrogen) atoms. The van der Waals surface area contributed by atoms with Crippen molar-refractivity contribution in [3.8, 4) is 0 Å². The molecule has 0 unspecified atom stereocenters. The van der Waals surface area contributed by atoms with Gasteiger partial charge in [0.2, 0.25) is 0 Å². The second kappa shape index (κ2) is 2.54. The van der Waals surface area contributed by atoms with Crippen LogP contribution in [0, 0.1) is 0 Å². The summed E-state index contributed by atoms with van der Waals surface area (Å²) in [7, 11) is 0. The highest BCUT2D eigenvalue weighted by Crippen LogP contribution is 1.93. The number of hydrazone groups is 1. The number of amidine groups is 1. The molecule has 0 aromatic rings. The number of nitrogens with two attached hydrogens (primary N) is 1. The minimum atomic E-state index is 0.170. The van der Waals surface area contributed by atoms with Crippen molar-refractivity contribution in [2.75, 3.05) is 6.54 Å². The Kier molecular flexibility index (Phi) is 1.74. The van der Waals surface area contributed by atoms with E-state index in [1.54, 1.807) is 5.12 Å². The summed E-state index contributed by atoms with van der Waals surface area (Å²) in [6.45, 7) is 2.85. The first kappa shape index (κ1) is 6.15. The lowest BCUT2D eigenvalue weighted by molar-refractivity contribution is 0.0346. The number of nitrogens with zero attached hydrogens (tertiary/aromatic N) is 2. The summed E-state index contributed by atoms with van der Waals surface area (Å²) in [5.74, 6) is 0. The molecule has 1 aliphatic heterocycles. The average molecular weight is 130 g/mol. The van der Waals surface area contributed by atoms with Gasteiger partial charge in [-0.1, -0.05) is 6.92 Å². The van der Waals surface area contributed by atoms with Crippen molar-refractivity contribution >= 4 is 6.02 Å². The quantitative estimate of drug-likeness (QED) is 0.523. The van der Waals surface area contributed by atoms with E-state index in [1.165, 1.54) is 0 Å². The zero-order chi connectivity index (χ0) is 6.69. The maximum absolute atomic E-state index is 5.18. The van der Waals surface area contributed by atoms with Gasteiger partial charge in [-0.15, -0.1) is 5.10 Å². The normalized spacial score (nSPS) is 17.4. The predicted octanol–water partition coefficient (Wildman–Crippen LogP) is -0.622. The van der Waals surface area contributed by atoms with Crippen LogP contribution >= 0.6 is 0 Å². The van der Waals surface area contributed by atoms with Crippen LogP contribution < -0.4 is 11.3 Å². The number of nitrogens with one attached hydrogen (secondary N) is 1. The smallest absolute Gasteiger partial charge is 0.327 e. The highest BCUT2D eigenvalue weighted by Gasteiger charge is 2.09. The molecule has 0 saturated heterocycles. The Balaban J connectivity index is 2.29. The van der Waals surface area contributed by atoms with Crippen molar-refractivity contribution < 1.29 is 4.84 Å². The van der Waals surface area contributed by atoms with Crippen molar-refractivity contribution in [2.45, 2.75) is 13.3 Å². The first-order valence-corrected chi connectivity index (χ1v) is 2.87. The third-order valence-corrected chi connectivity index (χ3v) is 0.910. The van der Waals surface area contributed by atoms with Gasteiger partial charge in [-0.05, 0) is 12.0 Å². The van der Waals surface area contributed by atoms with Crippen molar-refractivity contribution in [1.29, 1.82) is 0 Å². The molecule has 1 rings (SSSR count). The number of hydrogen-bond donors (Lipinski definition) is 2. The van der Waals surface area contributed by atoms with Crippen LogP contribution in [0.4, 0.5) is 0 Å². The predicted molar refractivity (Wildman–Crippen MR) is 32.8 cm³/mol. The fourth-order valence-corrected chi connectivity index (χ4v) is 0.567. The van der Waals surface area contributed by atoms with Crippen LogP contribution in [-0.2, 0) is 4.84 Å². The van der Waals surface area contributed by atoms with E-state index in [0.717, 1.165) is 13.0 Å². The lowest BCUT2D eigenvalue weighted by Gasteiger charge is -2.07. The van der Waals surface area contributed by atoms with Crippen LogP contribution in [0.15, 0.2) is 5.10 Å². The standard InChI is InChI=1S/C4H10N4O/c1-2-3-8-6-4(5)9-7-8/h7H,2-3H2,1H3,(H2,5,6). The van der Waals surface area contributed by atoms with Gasteiger partial charge in [0.1, 0.15) is 0 Å². The van der Waals surface area contributed by atoms with E-state index in [1.807, 2.05) is 6.92 Å². The summed E-state index contributed by atoms with van der Waals surface area (Å²) in [6.07, 6.45) is 1.01. The molecule has 0 aromatic carbocycles. The lowest BCUT2D eigenvalue weighted by Crippen LogP contribution is -2.28. The van der Waals surface area contributed by atoms with Crippen molar-refractivity contribution in [3.63, 3.8) is 0 Å². The number of rotatable bonds is 2. The first-order chi connectivity index (χ1) is 4.33. The van der Waals surface area contributed by atoms with Gasteiger partial charge in [-0.3, -0.25) is 0 Å². The van der Waals surface area contributed by atoms with Crippen LogP contribution in [-0.4, -0.2) is 17.7 Å². The maximum Gasteiger partial charge on any atom is 0.327 e. The fraction of sp³-hybridized carbons (Fsp3) is 0.750. The van der Waals surface area contributed by atoms with Gasteiger partial charge >= 0.3 is 6.02 Å². The van der Waals surface area contributed by atoms with Crippen LogP contribution in [0.5, 0.6) is 0 Å². The molecule has 0 spiro atoms. The van der Waals surface area contributed by atoms with Gasteiger partial charge in [0, 0.05) is 0 Å². The molecular weight excluding hydrogens is 120 g/mol. The van der Waals surface area contributed by atoms with E-state index >= 15 is 0 Å². The largest absolute Gasteiger partial charge is 0.351 e. The molecule has 0 atom stereocenters. The summed E-state index contributed by atoms with van der Waals surface area (Å²) >= 11 is 0. The zero-order valence-corrected chi connectivity index (χ0v) is 5.29. The Morgan fingerprint density at radius 2 is 2.67 bits per heavy atom. The average Bonchev–Trinajstić information content (AvgIpc) is 2.17. The van der Waals surface area contributed by atoms with E-state index in [4.69, 9.17) is 5.73 Å². The molecule has 0 aromatic heterocycles. The Labute approximate surface area is 53.4 Å². The van der Waals surface area contributed by atoms with Gasteiger partial charge in [0.15, 0.2) is 0 Å². The van der Waals surface area contributed by atoms with E-state index in [9.17, 15) is 0 Å². The second-order valence-corrected chi connectivity index (χ2v) is 1.75. The molecule has 0 saturated carbocycles. The Hall–Kier alpha value is -0.970. The van der Waals surface area contributed by atoms with Crippen molar-refractivity contribution in [2.24, 2.45) is 10.8 Å². The molecular formula is C4H10N4O. The first-order valence-electron chi connectivity index (χ1n) is 2.87. The molecule has 1 heterocycles. The van der Waals surface area contributed by atoms with E-state index < -0.39 is 0 Å². The maximum atomic E-state index is 5.18. The Morgan fingerprint density at radius 1 is 1.89 bits per heavy atom. The van der Waals surface area contributed by atoms with Crippen LogP contribution in [0.25, 0.3) is 0 Å². The molecule has 0 fully saturated rings. The highest BCUT2D eigenvalue weighted by atomic mass is 16.7. The van der Waals surface area contributed by atoms with Gasteiger partial charge < -0.3 is 10.6 Å². The van der Waals surface area contributed by atoms with Crippen LogP contribution in [0.1, 0.15) is 13.3 Å². The third kappa shape index (κ3) is 1.46. The third-order valence-electron chi connectivity index (χ3n) is 0.910. The number of hydrogen-bond acceptors (Lipinski definition) is 5. The van der Waals surface area contributed by atoms with Crippen LogP contribution in [0.3, 0.4) is 0 Å². The molecule has 5 heteroatoms. The molecule has 0 radical (unpaired) electrons. The van der Waals surface area contributed by atoms with E-state index in [-0.39, 0.29) is 6.02 Å². The molecule has 5 nitrogen and oxygen atoms in total. The summed E-state index contributed by atoms with van der Waals surface area (Å²) in [5.41, 5.74) is 7.69. The van der Waals surface area contributed by atoms with Gasteiger partial charge in [-0.25, -0.2) is 0 Å². The Bertz CT molecular complexity index is 124. The van der Waals surface area contributed by atoms with Crippen molar-refractivity contribution in [1.82, 2.24) is 10.7 Å². The second-order valence-electron chi connectivity index (χ2n) is 1.75.